The van der Waals surface area contributed by atoms with Gasteiger partial charge in [-0.25, -0.2) is 19.6 Å². The summed E-state index contributed by atoms with van der Waals surface area (Å²) in [5, 5.41) is 7.00. The molecule has 0 fully saturated rings. The molecule has 0 rings (SSSR count). The molecule has 6 heavy (non-hydrogen) atoms. The zero-order chi connectivity index (χ0) is 4.71. The van der Waals surface area contributed by atoms with Gasteiger partial charge in [-0.15, -0.1) is 0 Å². The van der Waals surface area contributed by atoms with Crippen molar-refractivity contribution in [3.63, 3.8) is 0 Å². The van der Waals surface area contributed by atoms with Crippen LogP contribution in [0.15, 0.2) is 12.7 Å². The number of aliphatic hydroxyl groups is 1. The molecule has 0 saturated carbocycles. The Morgan fingerprint density at radius 2 is 1.67 bits per heavy atom. The molecule has 0 aliphatic heterocycles. The first kappa shape index (κ1) is 15.9. The molecule has 0 aromatic rings. The van der Waals surface area contributed by atoms with Crippen LogP contribution in [0.4, 0.5) is 0 Å². The monoisotopic (exact) mass is 162 g/mol. The van der Waals surface area contributed by atoms with Crippen molar-refractivity contribution < 1.29 is 37.8 Å². The van der Waals surface area contributed by atoms with Gasteiger partial charge in [-0.2, -0.15) is 0 Å². The predicted molar refractivity (Wildman–Crippen MR) is 23.7 cm³/mol. The summed E-state index contributed by atoms with van der Waals surface area (Å²) >= 11 is 0. The van der Waals surface area contributed by atoms with Crippen molar-refractivity contribution in [2.75, 3.05) is 7.11 Å². The molecule has 2 heteroatoms. The third-order valence-corrected chi connectivity index (χ3v) is 0. The maximum absolute atomic E-state index is 7.00. The fourth-order valence-corrected chi connectivity index (χ4v) is 0. The van der Waals surface area contributed by atoms with Crippen molar-refractivity contribution in [1.29, 1.82) is 0 Å². The number of hydrogen-bond acceptors (Lipinski definition) is 1. The summed E-state index contributed by atoms with van der Waals surface area (Å²) in [7, 11) is 1.00. The minimum atomic E-state index is 0. The van der Waals surface area contributed by atoms with E-state index in [1.807, 2.05) is 0 Å². The topological polar surface area (TPSA) is 20.2 Å². The van der Waals surface area contributed by atoms with Gasteiger partial charge >= 0.3 is 0 Å². The van der Waals surface area contributed by atoms with Crippen LogP contribution < -0.4 is 0 Å². The fourth-order valence-electron chi connectivity index (χ4n) is 0. The van der Waals surface area contributed by atoms with Gasteiger partial charge in [-0.05, 0) is 0 Å². The third kappa shape index (κ3) is 139. The molecular formula is C4H9OY-. The van der Waals surface area contributed by atoms with Gasteiger partial charge in [-0.1, -0.05) is 0 Å². The van der Waals surface area contributed by atoms with E-state index in [0.29, 0.717) is 0 Å². The SMILES string of the molecule is C=C[CH2-].CO.[Y]. The molecule has 0 saturated heterocycles. The zero-order valence-corrected chi connectivity index (χ0v) is 6.85. The van der Waals surface area contributed by atoms with Crippen molar-refractivity contribution >= 4 is 0 Å². The average molecular weight is 162 g/mol. The van der Waals surface area contributed by atoms with Crippen LogP contribution in [0.25, 0.3) is 0 Å². The Hall–Kier alpha value is 0.674. The Morgan fingerprint density at radius 1 is 1.67 bits per heavy atom. The standard InChI is InChI=1S/C3H5.CH4O.Y/c1-3-2;1-2;/h3H,1-2H2;2H,1H3;/q-1;;. The quantitative estimate of drug-likeness (QED) is 0.517. The minimum Gasteiger partial charge on any atom is -0.400 e. The first-order valence-corrected chi connectivity index (χ1v) is 1.26. The van der Waals surface area contributed by atoms with E-state index in [1.165, 1.54) is 6.08 Å². The molecule has 0 unspecified atom stereocenters. The summed E-state index contributed by atoms with van der Waals surface area (Å²) in [4.78, 5) is 0. The van der Waals surface area contributed by atoms with Crippen LogP contribution >= 0.6 is 0 Å². The van der Waals surface area contributed by atoms with Gasteiger partial charge in [-0.3, -0.25) is 0 Å². The van der Waals surface area contributed by atoms with Crippen molar-refractivity contribution in [1.82, 2.24) is 0 Å². The zero-order valence-electron chi connectivity index (χ0n) is 4.02. The van der Waals surface area contributed by atoms with E-state index >= 15 is 0 Å². The summed E-state index contributed by atoms with van der Waals surface area (Å²) in [5.74, 6) is 0. The first-order chi connectivity index (χ1) is 2.41. The molecule has 0 atom stereocenters. The second-order valence-electron chi connectivity index (χ2n) is 0.289. The van der Waals surface area contributed by atoms with Crippen LogP contribution in [0.5, 0.6) is 0 Å². The number of hydrogen-bond donors (Lipinski definition) is 1. The third-order valence-electron chi connectivity index (χ3n) is 0. The minimum absolute atomic E-state index is 0. The second kappa shape index (κ2) is 44.2. The van der Waals surface area contributed by atoms with Crippen LogP contribution in [0, 0.1) is 6.92 Å². The Morgan fingerprint density at radius 3 is 1.67 bits per heavy atom. The average Bonchev–Trinajstić information content (AvgIpc) is 1.46. The Balaban J connectivity index is -0.0000000275. The maximum Gasteiger partial charge on any atom is 0.0319 e. The summed E-state index contributed by atoms with van der Waals surface area (Å²) < 4.78 is 0. The first-order valence-electron chi connectivity index (χ1n) is 1.26. The second-order valence-corrected chi connectivity index (χ2v) is 0.289. The Kier molecular flexibility index (Phi) is 117. The fraction of sp³-hybridized carbons (Fsp3) is 0.250. The van der Waals surface area contributed by atoms with Gasteiger partial charge in [0.15, 0.2) is 0 Å². The molecule has 0 heterocycles. The molecule has 0 bridgehead atoms. The maximum atomic E-state index is 7.00. The van der Waals surface area contributed by atoms with E-state index in [2.05, 4.69) is 13.5 Å². The summed E-state index contributed by atoms with van der Waals surface area (Å²) in [6.07, 6.45) is 1.50. The number of allylic oxidation sites excluding steroid dienone is 1. The normalized spacial score (nSPS) is 3.00. The van der Waals surface area contributed by atoms with E-state index in [0.717, 1.165) is 7.11 Å². The largest absolute Gasteiger partial charge is 0.400 e. The molecule has 0 aliphatic rings. The van der Waals surface area contributed by atoms with E-state index in [1.54, 1.807) is 0 Å². The number of aliphatic hydroxyl groups excluding tert-OH is 1. The van der Waals surface area contributed by atoms with Crippen LogP contribution in [0.2, 0.25) is 0 Å². The van der Waals surface area contributed by atoms with Crippen LogP contribution in [0.3, 0.4) is 0 Å². The smallest absolute Gasteiger partial charge is 0.0319 e. The van der Waals surface area contributed by atoms with Gasteiger partial charge in [0.2, 0.25) is 0 Å². The van der Waals surface area contributed by atoms with Gasteiger partial charge in [0.1, 0.15) is 0 Å². The van der Waals surface area contributed by atoms with Crippen LogP contribution in [-0.2, 0) is 32.7 Å². The predicted octanol–water partition coefficient (Wildman–Crippen LogP) is 0.612. The molecule has 35 valence electrons. The molecule has 0 spiro atoms. The van der Waals surface area contributed by atoms with Gasteiger partial charge in [0.05, 0.1) is 0 Å². The number of rotatable bonds is 0. The summed E-state index contributed by atoms with van der Waals surface area (Å²) in [6, 6.07) is 0. The Bertz CT molecular complexity index is 15.0. The van der Waals surface area contributed by atoms with Crippen molar-refractivity contribution in [3.8, 4) is 0 Å². The van der Waals surface area contributed by atoms with Crippen molar-refractivity contribution in [3.05, 3.63) is 19.6 Å². The van der Waals surface area contributed by atoms with Gasteiger partial charge in [0.25, 0.3) is 0 Å². The summed E-state index contributed by atoms with van der Waals surface area (Å²) in [5.41, 5.74) is 0. The molecule has 0 aromatic heterocycles. The molecule has 1 nitrogen and oxygen atoms in total. The molecule has 1 radical (unpaired) electrons. The van der Waals surface area contributed by atoms with Crippen molar-refractivity contribution in [2.24, 2.45) is 0 Å². The van der Waals surface area contributed by atoms with E-state index < -0.39 is 0 Å². The van der Waals surface area contributed by atoms with Gasteiger partial charge < -0.3 is 5.11 Å². The Labute approximate surface area is 64.3 Å². The molecule has 1 N–H and O–H groups in total. The van der Waals surface area contributed by atoms with E-state index in [4.69, 9.17) is 5.11 Å². The molecular weight excluding hydrogens is 153 g/mol. The van der Waals surface area contributed by atoms with E-state index in [9.17, 15) is 0 Å². The molecule has 0 aromatic carbocycles. The van der Waals surface area contributed by atoms with Crippen LogP contribution in [-0.4, -0.2) is 12.2 Å². The van der Waals surface area contributed by atoms with Gasteiger partial charge in [0, 0.05) is 39.8 Å². The molecule has 0 amide bonds. The van der Waals surface area contributed by atoms with E-state index in [-0.39, 0.29) is 32.7 Å². The van der Waals surface area contributed by atoms with Crippen molar-refractivity contribution in [2.45, 2.75) is 0 Å². The molecule has 0 aliphatic carbocycles. The van der Waals surface area contributed by atoms with Crippen LogP contribution in [0.1, 0.15) is 0 Å². The summed E-state index contributed by atoms with van der Waals surface area (Å²) in [6.45, 7) is 6.50.